The van der Waals surface area contributed by atoms with E-state index in [1.807, 2.05) is 36.3 Å². The van der Waals surface area contributed by atoms with Gasteiger partial charge in [0.25, 0.3) is 0 Å². The Kier molecular flexibility index (Phi) is 7.62. The zero-order valence-electron chi connectivity index (χ0n) is 15.3. The van der Waals surface area contributed by atoms with Crippen LogP contribution >= 0.6 is 11.3 Å². The smallest absolute Gasteiger partial charge is 0.238 e. The quantitative estimate of drug-likeness (QED) is 0.707. The molecule has 140 valence electrons. The van der Waals surface area contributed by atoms with Crippen molar-refractivity contribution >= 4 is 28.8 Å². The molecule has 0 bridgehead atoms. The van der Waals surface area contributed by atoms with E-state index >= 15 is 0 Å². The highest BCUT2D eigenvalue weighted by Gasteiger charge is 2.22. The Balaban J connectivity index is 1.85. The minimum absolute atomic E-state index is 0.0857. The normalized spacial score (nSPS) is 11.8. The van der Waals surface area contributed by atoms with Crippen LogP contribution in [0, 0.1) is 0 Å². The SMILES string of the molecule is CCN(CC(=O)Nc1ccc(OC)cc1)C(C)C(=O)NCc1cccs1. The van der Waals surface area contributed by atoms with Gasteiger partial charge in [-0.1, -0.05) is 13.0 Å². The van der Waals surface area contributed by atoms with E-state index in [-0.39, 0.29) is 24.4 Å². The fourth-order valence-corrected chi connectivity index (χ4v) is 3.13. The molecule has 2 aromatic rings. The molecule has 0 spiro atoms. The molecule has 0 saturated heterocycles. The molecule has 1 aromatic carbocycles. The van der Waals surface area contributed by atoms with Gasteiger partial charge in [-0.2, -0.15) is 0 Å². The van der Waals surface area contributed by atoms with Crippen LogP contribution in [0.15, 0.2) is 41.8 Å². The monoisotopic (exact) mass is 375 g/mol. The molecule has 0 aliphatic carbocycles. The van der Waals surface area contributed by atoms with E-state index in [0.29, 0.717) is 18.8 Å². The van der Waals surface area contributed by atoms with Crippen LogP contribution in [0.2, 0.25) is 0 Å². The first-order chi connectivity index (χ1) is 12.5. The fraction of sp³-hybridized carbons (Fsp3) is 0.368. The number of nitrogens with one attached hydrogen (secondary N) is 2. The minimum atomic E-state index is -0.387. The molecule has 7 heteroatoms. The van der Waals surface area contributed by atoms with E-state index in [2.05, 4.69) is 10.6 Å². The first-order valence-electron chi connectivity index (χ1n) is 8.51. The molecule has 2 rings (SSSR count). The summed E-state index contributed by atoms with van der Waals surface area (Å²) in [5.41, 5.74) is 0.696. The van der Waals surface area contributed by atoms with Crippen molar-refractivity contribution in [1.82, 2.24) is 10.2 Å². The Labute approximate surface area is 158 Å². The number of ether oxygens (including phenoxy) is 1. The summed E-state index contributed by atoms with van der Waals surface area (Å²) in [6, 6.07) is 10.7. The third-order valence-electron chi connectivity index (χ3n) is 4.07. The van der Waals surface area contributed by atoms with Crippen molar-refractivity contribution < 1.29 is 14.3 Å². The molecule has 0 fully saturated rings. The zero-order chi connectivity index (χ0) is 18.9. The molecule has 1 unspecified atom stereocenters. The molecule has 0 radical (unpaired) electrons. The number of carbonyl (C=O) groups is 2. The summed E-state index contributed by atoms with van der Waals surface area (Å²) >= 11 is 1.60. The molecule has 0 aliphatic rings. The number of rotatable bonds is 9. The summed E-state index contributed by atoms with van der Waals surface area (Å²) < 4.78 is 5.10. The van der Waals surface area contributed by atoms with Gasteiger partial charge in [-0.15, -0.1) is 11.3 Å². The van der Waals surface area contributed by atoms with Gasteiger partial charge in [0.1, 0.15) is 5.75 Å². The number of nitrogens with zero attached hydrogens (tertiary/aromatic N) is 1. The number of anilines is 1. The Hall–Kier alpha value is -2.38. The van der Waals surface area contributed by atoms with Gasteiger partial charge in [0.15, 0.2) is 0 Å². The van der Waals surface area contributed by atoms with Gasteiger partial charge >= 0.3 is 0 Å². The molecule has 1 heterocycles. The maximum absolute atomic E-state index is 12.4. The lowest BCUT2D eigenvalue weighted by Gasteiger charge is -2.26. The molecule has 26 heavy (non-hydrogen) atoms. The van der Waals surface area contributed by atoms with Gasteiger partial charge in [-0.3, -0.25) is 14.5 Å². The second kappa shape index (κ2) is 9.94. The van der Waals surface area contributed by atoms with Crippen molar-refractivity contribution in [2.24, 2.45) is 0 Å². The molecular weight excluding hydrogens is 350 g/mol. The molecule has 0 saturated carbocycles. The van der Waals surface area contributed by atoms with E-state index in [9.17, 15) is 9.59 Å². The Morgan fingerprint density at radius 1 is 1.23 bits per heavy atom. The first-order valence-corrected chi connectivity index (χ1v) is 9.39. The highest BCUT2D eigenvalue weighted by atomic mass is 32.1. The zero-order valence-corrected chi connectivity index (χ0v) is 16.1. The summed E-state index contributed by atoms with van der Waals surface area (Å²) in [4.78, 5) is 27.6. The average molecular weight is 375 g/mol. The summed E-state index contributed by atoms with van der Waals surface area (Å²) in [5.74, 6) is 0.488. The predicted molar refractivity (Wildman–Crippen MR) is 104 cm³/mol. The van der Waals surface area contributed by atoms with Crippen LogP contribution in [-0.2, 0) is 16.1 Å². The van der Waals surface area contributed by atoms with Gasteiger partial charge in [0.05, 0.1) is 26.2 Å². The summed E-state index contributed by atoms with van der Waals surface area (Å²) in [6.45, 7) is 5.01. The minimum Gasteiger partial charge on any atom is -0.497 e. The number of likely N-dealkylation sites (N-methyl/N-ethyl adjacent to an activating group) is 1. The maximum atomic E-state index is 12.4. The molecule has 2 N–H and O–H groups in total. The highest BCUT2D eigenvalue weighted by Crippen LogP contribution is 2.15. The van der Waals surface area contributed by atoms with Crippen molar-refractivity contribution in [3.8, 4) is 5.75 Å². The number of thiophene rings is 1. The number of carbonyl (C=O) groups excluding carboxylic acids is 2. The number of hydrogen-bond donors (Lipinski definition) is 2. The van der Waals surface area contributed by atoms with Crippen LogP contribution in [0.4, 0.5) is 5.69 Å². The molecular formula is C19H25N3O3S. The van der Waals surface area contributed by atoms with Crippen molar-refractivity contribution in [2.75, 3.05) is 25.5 Å². The van der Waals surface area contributed by atoms with Gasteiger partial charge in [-0.25, -0.2) is 0 Å². The molecule has 6 nitrogen and oxygen atoms in total. The second-order valence-corrected chi connectivity index (χ2v) is 6.85. The Morgan fingerprint density at radius 3 is 2.54 bits per heavy atom. The average Bonchev–Trinajstić information content (AvgIpc) is 3.17. The summed E-state index contributed by atoms with van der Waals surface area (Å²) in [6.07, 6.45) is 0. The fourth-order valence-electron chi connectivity index (χ4n) is 2.48. The van der Waals surface area contributed by atoms with Crippen LogP contribution in [0.25, 0.3) is 0 Å². The lowest BCUT2D eigenvalue weighted by molar-refractivity contribution is -0.127. The molecule has 1 atom stereocenters. The van der Waals surface area contributed by atoms with Crippen LogP contribution in [0.1, 0.15) is 18.7 Å². The third-order valence-corrected chi connectivity index (χ3v) is 4.95. The van der Waals surface area contributed by atoms with Crippen molar-refractivity contribution in [2.45, 2.75) is 26.4 Å². The van der Waals surface area contributed by atoms with Crippen LogP contribution in [-0.4, -0.2) is 43.0 Å². The molecule has 0 aliphatic heterocycles. The summed E-state index contributed by atoms with van der Waals surface area (Å²) in [7, 11) is 1.59. The standard InChI is InChI=1S/C19H25N3O3S/c1-4-22(14(2)19(24)20-12-17-6-5-11-26-17)13-18(23)21-15-7-9-16(25-3)10-8-15/h5-11,14H,4,12-13H2,1-3H3,(H,20,24)(H,21,23). The Bertz CT molecular complexity index is 701. The van der Waals surface area contributed by atoms with E-state index in [1.165, 1.54) is 0 Å². The Morgan fingerprint density at radius 2 is 1.96 bits per heavy atom. The van der Waals surface area contributed by atoms with Crippen molar-refractivity contribution in [3.05, 3.63) is 46.7 Å². The van der Waals surface area contributed by atoms with Crippen molar-refractivity contribution in [1.29, 1.82) is 0 Å². The van der Waals surface area contributed by atoms with Crippen LogP contribution in [0.3, 0.4) is 0 Å². The number of hydrogen-bond acceptors (Lipinski definition) is 5. The third kappa shape index (κ3) is 5.86. The maximum Gasteiger partial charge on any atom is 0.238 e. The van der Waals surface area contributed by atoms with Gasteiger partial charge < -0.3 is 15.4 Å². The van der Waals surface area contributed by atoms with E-state index in [0.717, 1.165) is 10.6 Å². The number of amides is 2. The predicted octanol–water partition coefficient (Wildman–Crippen LogP) is 2.72. The number of benzene rings is 1. The second-order valence-electron chi connectivity index (χ2n) is 5.81. The number of methoxy groups -OCH3 is 1. The lowest BCUT2D eigenvalue weighted by Crippen LogP contribution is -2.47. The lowest BCUT2D eigenvalue weighted by atomic mass is 10.2. The van der Waals surface area contributed by atoms with E-state index in [1.54, 1.807) is 42.7 Å². The summed E-state index contributed by atoms with van der Waals surface area (Å²) in [5, 5.41) is 7.74. The van der Waals surface area contributed by atoms with Crippen molar-refractivity contribution in [3.63, 3.8) is 0 Å². The van der Waals surface area contributed by atoms with E-state index in [4.69, 9.17) is 4.74 Å². The molecule has 1 aromatic heterocycles. The van der Waals surface area contributed by atoms with Gasteiger partial charge in [-0.05, 0) is 49.2 Å². The highest BCUT2D eigenvalue weighted by molar-refractivity contribution is 7.09. The van der Waals surface area contributed by atoms with Crippen LogP contribution in [0.5, 0.6) is 5.75 Å². The largest absolute Gasteiger partial charge is 0.497 e. The topological polar surface area (TPSA) is 70.7 Å². The van der Waals surface area contributed by atoms with E-state index < -0.39 is 0 Å². The van der Waals surface area contributed by atoms with Crippen LogP contribution < -0.4 is 15.4 Å². The first kappa shape index (κ1) is 19.9. The molecule has 2 amide bonds. The van der Waals surface area contributed by atoms with Gasteiger partial charge in [0.2, 0.25) is 11.8 Å². The van der Waals surface area contributed by atoms with Gasteiger partial charge in [0, 0.05) is 10.6 Å².